The lowest BCUT2D eigenvalue weighted by molar-refractivity contribution is 0.103. The summed E-state index contributed by atoms with van der Waals surface area (Å²) in [6, 6.07) is 12.7. The Morgan fingerprint density at radius 1 is 1.14 bits per heavy atom. The van der Waals surface area contributed by atoms with Crippen LogP contribution in [0.1, 0.15) is 9.67 Å². The van der Waals surface area contributed by atoms with Gasteiger partial charge in [-0.2, -0.15) is 0 Å². The average Bonchev–Trinajstić information content (AvgIpc) is 3.00. The summed E-state index contributed by atoms with van der Waals surface area (Å²) in [5, 5.41) is 7.11. The fraction of sp³-hybridized carbons (Fsp3) is 0. The summed E-state index contributed by atoms with van der Waals surface area (Å²) in [5.74, 6) is -0.712. The number of nitrogens with one attached hydrogen (secondary N) is 1. The summed E-state index contributed by atoms with van der Waals surface area (Å²) in [7, 11) is 0. The Morgan fingerprint density at radius 2 is 1.86 bits per heavy atom. The molecule has 0 bridgehead atoms. The van der Waals surface area contributed by atoms with Gasteiger partial charge in [-0.1, -0.05) is 28.2 Å². The van der Waals surface area contributed by atoms with Crippen molar-refractivity contribution in [1.29, 1.82) is 0 Å². The van der Waals surface area contributed by atoms with Gasteiger partial charge in [-0.25, -0.2) is 4.39 Å². The summed E-state index contributed by atoms with van der Waals surface area (Å²) in [6.45, 7) is 0. The normalized spacial score (nSPS) is 10.5. The van der Waals surface area contributed by atoms with Gasteiger partial charge in [-0.15, -0.1) is 5.10 Å². The first-order valence-electron chi connectivity index (χ1n) is 6.29. The molecule has 2 aromatic carbocycles. The van der Waals surface area contributed by atoms with Gasteiger partial charge in [0.2, 0.25) is 0 Å². The van der Waals surface area contributed by atoms with Crippen molar-refractivity contribution in [1.82, 2.24) is 9.59 Å². The molecule has 1 heterocycles. The third-order valence-corrected chi connectivity index (χ3v) is 3.99. The molecule has 0 radical (unpaired) electrons. The van der Waals surface area contributed by atoms with Crippen molar-refractivity contribution in [2.75, 3.05) is 5.32 Å². The van der Waals surface area contributed by atoms with Crippen LogP contribution < -0.4 is 5.32 Å². The number of rotatable bonds is 3. The highest BCUT2D eigenvalue weighted by Gasteiger charge is 2.18. The second-order valence-electron chi connectivity index (χ2n) is 4.39. The van der Waals surface area contributed by atoms with E-state index in [4.69, 9.17) is 11.6 Å². The van der Waals surface area contributed by atoms with Crippen LogP contribution in [0.25, 0.3) is 11.3 Å². The third kappa shape index (κ3) is 2.98. The highest BCUT2D eigenvalue weighted by Crippen LogP contribution is 2.26. The molecule has 1 aromatic heterocycles. The number of halogens is 2. The molecule has 0 aliphatic heterocycles. The number of para-hydroxylation sites is 1. The van der Waals surface area contributed by atoms with Gasteiger partial charge < -0.3 is 5.32 Å². The number of carbonyl (C=O) groups is 1. The van der Waals surface area contributed by atoms with E-state index in [9.17, 15) is 9.18 Å². The lowest BCUT2D eigenvalue weighted by Gasteiger charge is -2.06. The van der Waals surface area contributed by atoms with E-state index in [1.165, 1.54) is 12.1 Å². The van der Waals surface area contributed by atoms with Crippen LogP contribution >= 0.6 is 23.1 Å². The molecule has 3 rings (SSSR count). The van der Waals surface area contributed by atoms with Gasteiger partial charge in [0.05, 0.1) is 10.7 Å². The van der Waals surface area contributed by atoms with Crippen molar-refractivity contribution in [3.8, 4) is 11.3 Å². The first-order valence-corrected chi connectivity index (χ1v) is 7.44. The second kappa shape index (κ2) is 6.21. The summed E-state index contributed by atoms with van der Waals surface area (Å²) in [5.41, 5.74) is 1.54. The van der Waals surface area contributed by atoms with Crippen LogP contribution in [0.15, 0.2) is 48.5 Å². The lowest BCUT2D eigenvalue weighted by atomic mass is 10.1. The number of hydrogen-bond donors (Lipinski definition) is 1. The van der Waals surface area contributed by atoms with Crippen LogP contribution in [0.5, 0.6) is 0 Å². The molecular weight excluding hydrogens is 325 g/mol. The van der Waals surface area contributed by atoms with Crippen molar-refractivity contribution in [3.63, 3.8) is 0 Å². The van der Waals surface area contributed by atoms with Crippen molar-refractivity contribution >= 4 is 34.7 Å². The van der Waals surface area contributed by atoms with E-state index in [0.29, 0.717) is 26.8 Å². The zero-order chi connectivity index (χ0) is 15.5. The maximum Gasteiger partial charge on any atom is 0.269 e. The van der Waals surface area contributed by atoms with E-state index in [0.717, 1.165) is 11.5 Å². The van der Waals surface area contributed by atoms with E-state index in [2.05, 4.69) is 14.9 Å². The highest BCUT2D eigenvalue weighted by atomic mass is 35.5. The van der Waals surface area contributed by atoms with Crippen LogP contribution in [0.2, 0.25) is 5.02 Å². The van der Waals surface area contributed by atoms with Crippen molar-refractivity contribution in [2.45, 2.75) is 0 Å². The Morgan fingerprint density at radius 3 is 2.59 bits per heavy atom. The highest BCUT2D eigenvalue weighted by molar-refractivity contribution is 7.08. The fourth-order valence-electron chi connectivity index (χ4n) is 1.88. The number of anilines is 1. The van der Waals surface area contributed by atoms with Crippen LogP contribution in [-0.2, 0) is 0 Å². The molecule has 4 nitrogen and oxygen atoms in total. The summed E-state index contributed by atoms with van der Waals surface area (Å²) >= 11 is 6.99. The number of aromatic nitrogens is 2. The first-order chi connectivity index (χ1) is 10.6. The topological polar surface area (TPSA) is 54.9 Å². The molecule has 0 atom stereocenters. The minimum Gasteiger partial charge on any atom is -0.320 e. The Hall–Kier alpha value is -2.31. The van der Waals surface area contributed by atoms with Gasteiger partial charge in [0.15, 0.2) is 0 Å². The molecular formula is C15H9ClFN3OS. The molecule has 0 aliphatic rings. The molecule has 110 valence electrons. The molecule has 0 saturated heterocycles. The molecule has 0 unspecified atom stereocenters. The first kappa shape index (κ1) is 14.6. The quantitative estimate of drug-likeness (QED) is 0.779. The van der Waals surface area contributed by atoms with Crippen LogP contribution in [0, 0.1) is 5.82 Å². The molecule has 0 fully saturated rings. The van der Waals surface area contributed by atoms with Crippen LogP contribution in [0.4, 0.5) is 10.1 Å². The van der Waals surface area contributed by atoms with Crippen molar-refractivity contribution in [3.05, 3.63) is 64.2 Å². The summed E-state index contributed by atoms with van der Waals surface area (Å²) in [4.78, 5) is 12.7. The molecule has 1 amide bonds. The Balaban J connectivity index is 1.90. The maximum atomic E-state index is 13.0. The molecule has 22 heavy (non-hydrogen) atoms. The largest absolute Gasteiger partial charge is 0.320 e. The average molecular weight is 334 g/mol. The van der Waals surface area contributed by atoms with E-state index in [1.807, 2.05) is 0 Å². The predicted octanol–water partition coefficient (Wildman–Crippen LogP) is 4.25. The number of hydrogen-bond acceptors (Lipinski definition) is 4. The molecule has 0 saturated carbocycles. The van der Waals surface area contributed by atoms with E-state index >= 15 is 0 Å². The summed E-state index contributed by atoms with van der Waals surface area (Å²) in [6.07, 6.45) is 0. The fourth-order valence-corrected chi connectivity index (χ4v) is 2.64. The van der Waals surface area contributed by atoms with E-state index in [-0.39, 0.29) is 11.7 Å². The summed E-state index contributed by atoms with van der Waals surface area (Å²) < 4.78 is 16.8. The molecule has 7 heteroatoms. The predicted molar refractivity (Wildman–Crippen MR) is 84.7 cm³/mol. The van der Waals surface area contributed by atoms with Gasteiger partial charge in [0, 0.05) is 5.56 Å². The van der Waals surface area contributed by atoms with Crippen LogP contribution in [0.3, 0.4) is 0 Å². The van der Waals surface area contributed by atoms with E-state index in [1.54, 1.807) is 36.4 Å². The van der Waals surface area contributed by atoms with Gasteiger partial charge in [-0.05, 0) is 47.9 Å². The third-order valence-electron chi connectivity index (χ3n) is 2.93. The van der Waals surface area contributed by atoms with Crippen LogP contribution in [-0.4, -0.2) is 15.5 Å². The van der Waals surface area contributed by atoms with Crippen molar-refractivity contribution in [2.24, 2.45) is 0 Å². The zero-order valence-electron chi connectivity index (χ0n) is 11.1. The Labute approximate surface area is 134 Å². The zero-order valence-corrected chi connectivity index (χ0v) is 12.7. The SMILES string of the molecule is O=C(Nc1ccccc1Cl)c1snnc1-c1ccc(F)cc1. The van der Waals surface area contributed by atoms with Gasteiger partial charge in [-0.3, -0.25) is 4.79 Å². The van der Waals surface area contributed by atoms with Gasteiger partial charge in [0.25, 0.3) is 5.91 Å². The second-order valence-corrected chi connectivity index (χ2v) is 5.55. The van der Waals surface area contributed by atoms with E-state index < -0.39 is 0 Å². The minimum absolute atomic E-state index is 0.339. The number of carbonyl (C=O) groups excluding carboxylic acids is 1. The minimum atomic E-state index is -0.359. The number of nitrogens with zero attached hydrogens (tertiary/aromatic N) is 2. The standard InChI is InChI=1S/C15H9ClFN3OS/c16-11-3-1-2-4-12(11)18-15(21)14-13(19-20-22-14)9-5-7-10(17)8-6-9/h1-8H,(H,18,21). The van der Waals surface area contributed by atoms with Gasteiger partial charge >= 0.3 is 0 Å². The number of benzene rings is 2. The monoisotopic (exact) mass is 333 g/mol. The molecule has 3 aromatic rings. The van der Waals surface area contributed by atoms with Gasteiger partial charge in [0.1, 0.15) is 16.4 Å². The molecule has 1 N–H and O–H groups in total. The molecule has 0 aliphatic carbocycles. The number of amides is 1. The molecule has 0 spiro atoms. The Bertz CT molecular complexity index is 820. The van der Waals surface area contributed by atoms with Crippen molar-refractivity contribution < 1.29 is 9.18 Å². The Kier molecular flexibility index (Phi) is 4.13. The lowest BCUT2D eigenvalue weighted by Crippen LogP contribution is -2.11. The maximum absolute atomic E-state index is 13.0. The smallest absolute Gasteiger partial charge is 0.269 e.